The van der Waals surface area contributed by atoms with Crippen LogP contribution in [0, 0.1) is 11.3 Å². The molecule has 122 valence electrons. The molecule has 24 heavy (non-hydrogen) atoms. The SMILES string of the molecule is C=C1CCCN(C(=O)Nc2ccc(C#N)cn2)C1=N/C(C=O)=C\C. The van der Waals surface area contributed by atoms with Crippen molar-refractivity contribution in [1.29, 1.82) is 5.26 Å². The lowest BCUT2D eigenvalue weighted by Gasteiger charge is -2.29. The van der Waals surface area contributed by atoms with E-state index in [1.807, 2.05) is 6.07 Å². The molecule has 7 nitrogen and oxygen atoms in total. The number of hydrogen-bond donors (Lipinski definition) is 1. The maximum absolute atomic E-state index is 12.5. The first-order valence-corrected chi connectivity index (χ1v) is 7.42. The number of amides is 2. The number of rotatable bonds is 3. The number of piperidine rings is 1. The molecule has 1 aliphatic rings. The normalized spacial score (nSPS) is 16.7. The van der Waals surface area contributed by atoms with Crippen LogP contribution in [-0.2, 0) is 4.79 Å². The van der Waals surface area contributed by atoms with Gasteiger partial charge >= 0.3 is 6.03 Å². The van der Waals surface area contributed by atoms with Gasteiger partial charge in [0.05, 0.1) is 5.56 Å². The molecular formula is C17H17N5O2. The number of nitriles is 1. The van der Waals surface area contributed by atoms with E-state index in [0.717, 1.165) is 6.42 Å². The second kappa shape index (κ2) is 7.83. The van der Waals surface area contributed by atoms with Gasteiger partial charge in [-0.05, 0) is 37.5 Å². The van der Waals surface area contributed by atoms with E-state index in [4.69, 9.17) is 5.26 Å². The number of hydrogen-bond acceptors (Lipinski definition) is 5. The van der Waals surface area contributed by atoms with Crippen LogP contribution in [0.2, 0.25) is 0 Å². The van der Waals surface area contributed by atoms with Crippen LogP contribution >= 0.6 is 0 Å². The molecule has 1 aromatic heterocycles. The Morgan fingerprint density at radius 1 is 1.54 bits per heavy atom. The van der Waals surface area contributed by atoms with Crippen molar-refractivity contribution in [2.45, 2.75) is 19.8 Å². The van der Waals surface area contributed by atoms with Crippen LogP contribution in [-0.4, -0.2) is 34.6 Å². The van der Waals surface area contributed by atoms with Crippen molar-refractivity contribution in [3.63, 3.8) is 0 Å². The number of carbonyl (C=O) groups excluding carboxylic acids is 2. The van der Waals surface area contributed by atoms with E-state index in [0.29, 0.717) is 42.0 Å². The maximum Gasteiger partial charge on any atom is 0.328 e. The number of aldehydes is 1. The molecule has 2 rings (SSSR count). The number of aromatic nitrogens is 1. The van der Waals surface area contributed by atoms with Gasteiger partial charge in [0.25, 0.3) is 0 Å². The van der Waals surface area contributed by atoms with Crippen molar-refractivity contribution in [1.82, 2.24) is 9.88 Å². The summed E-state index contributed by atoms with van der Waals surface area (Å²) in [5.74, 6) is 0.712. The highest BCUT2D eigenvalue weighted by molar-refractivity contribution is 6.11. The number of allylic oxidation sites excluding steroid dienone is 2. The Balaban J connectivity index is 2.22. The third-order valence-corrected chi connectivity index (χ3v) is 3.46. The van der Waals surface area contributed by atoms with Gasteiger partial charge in [0.1, 0.15) is 23.4 Å². The first kappa shape index (κ1) is 17.1. The van der Waals surface area contributed by atoms with Crippen molar-refractivity contribution >= 4 is 24.0 Å². The Kier molecular flexibility index (Phi) is 5.58. The summed E-state index contributed by atoms with van der Waals surface area (Å²) in [5, 5.41) is 11.4. The van der Waals surface area contributed by atoms with Gasteiger partial charge in [0, 0.05) is 12.7 Å². The summed E-state index contributed by atoms with van der Waals surface area (Å²) in [6, 6.07) is 4.67. The van der Waals surface area contributed by atoms with Crippen LogP contribution in [0.3, 0.4) is 0 Å². The number of aliphatic imine (C=N–C) groups is 1. The van der Waals surface area contributed by atoms with E-state index in [9.17, 15) is 9.59 Å². The van der Waals surface area contributed by atoms with Gasteiger partial charge in [-0.3, -0.25) is 15.0 Å². The fraction of sp³-hybridized carbons (Fsp3) is 0.235. The van der Waals surface area contributed by atoms with Gasteiger partial charge in [0.15, 0.2) is 6.29 Å². The van der Waals surface area contributed by atoms with Crippen molar-refractivity contribution in [2.24, 2.45) is 4.99 Å². The minimum Gasteiger partial charge on any atom is -0.296 e. The summed E-state index contributed by atoms with van der Waals surface area (Å²) >= 11 is 0. The van der Waals surface area contributed by atoms with Crippen LogP contribution in [0.15, 0.2) is 47.2 Å². The number of likely N-dealkylation sites (tertiary alicyclic amines) is 1. The molecule has 1 aliphatic heterocycles. The molecule has 0 bridgehead atoms. The first-order chi connectivity index (χ1) is 11.6. The Labute approximate surface area is 140 Å². The molecule has 1 fully saturated rings. The minimum absolute atomic E-state index is 0.238. The monoisotopic (exact) mass is 323 g/mol. The van der Waals surface area contributed by atoms with Gasteiger partial charge in [0.2, 0.25) is 0 Å². The zero-order valence-corrected chi connectivity index (χ0v) is 13.3. The highest BCUT2D eigenvalue weighted by Gasteiger charge is 2.26. The van der Waals surface area contributed by atoms with Crippen LogP contribution in [0.4, 0.5) is 10.6 Å². The Morgan fingerprint density at radius 3 is 2.92 bits per heavy atom. The zero-order chi connectivity index (χ0) is 17.5. The predicted molar refractivity (Wildman–Crippen MR) is 90.3 cm³/mol. The molecule has 0 saturated carbocycles. The molecule has 1 aromatic rings. The average molecular weight is 323 g/mol. The molecule has 0 aromatic carbocycles. The lowest BCUT2D eigenvalue weighted by Crippen LogP contribution is -2.44. The maximum atomic E-state index is 12.5. The minimum atomic E-state index is -0.409. The highest BCUT2D eigenvalue weighted by Crippen LogP contribution is 2.19. The average Bonchev–Trinajstić information content (AvgIpc) is 2.61. The summed E-state index contributed by atoms with van der Waals surface area (Å²) in [5.41, 5.74) is 1.35. The van der Waals surface area contributed by atoms with E-state index >= 15 is 0 Å². The quantitative estimate of drug-likeness (QED) is 0.683. The lowest BCUT2D eigenvalue weighted by atomic mass is 10.1. The van der Waals surface area contributed by atoms with E-state index in [1.165, 1.54) is 11.1 Å². The van der Waals surface area contributed by atoms with Gasteiger partial charge in [-0.25, -0.2) is 14.8 Å². The second-order valence-corrected chi connectivity index (χ2v) is 5.10. The topological polar surface area (TPSA) is 98.5 Å². The highest BCUT2D eigenvalue weighted by atomic mass is 16.2. The molecule has 0 unspecified atom stereocenters. The smallest absolute Gasteiger partial charge is 0.296 e. The Bertz CT molecular complexity index is 756. The van der Waals surface area contributed by atoms with E-state index in [1.54, 1.807) is 25.1 Å². The molecular weight excluding hydrogens is 306 g/mol. The van der Waals surface area contributed by atoms with Crippen LogP contribution in [0.25, 0.3) is 0 Å². The zero-order valence-electron chi connectivity index (χ0n) is 13.3. The molecule has 2 heterocycles. The Morgan fingerprint density at radius 2 is 2.33 bits per heavy atom. The van der Waals surface area contributed by atoms with Crippen molar-refractivity contribution < 1.29 is 9.59 Å². The van der Waals surface area contributed by atoms with Crippen LogP contribution < -0.4 is 5.32 Å². The molecule has 2 amide bonds. The molecule has 0 radical (unpaired) electrons. The van der Waals surface area contributed by atoms with E-state index in [2.05, 4.69) is 21.9 Å². The molecule has 1 N–H and O–H groups in total. The summed E-state index contributed by atoms with van der Waals surface area (Å²) in [4.78, 5) is 33.2. The van der Waals surface area contributed by atoms with Crippen molar-refractivity contribution in [3.05, 3.63) is 47.8 Å². The lowest BCUT2D eigenvalue weighted by molar-refractivity contribution is -0.104. The number of pyridine rings is 1. The van der Waals surface area contributed by atoms with E-state index < -0.39 is 6.03 Å². The van der Waals surface area contributed by atoms with Gasteiger partial charge < -0.3 is 0 Å². The van der Waals surface area contributed by atoms with Gasteiger partial charge in [-0.15, -0.1) is 0 Å². The van der Waals surface area contributed by atoms with E-state index in [-0.39, 0.29) is 5.70 Å². The molecule has 0 atom stereocenters. The number of amidine groups is 1. The first-order valence-electron chi connectivity index (χ1n) is 7.42. The summed E-state index contributed by atoms with van der Waals surface area (Å²) in [6.07, 6.45) is 5.06. The fourth-order valence-electron chi connectivity index (χ4n) is 2.19. The molecule has 1 saturated heterocycles. The van der Waals surface area contributed by atoms with Gasteiger partial charge in [-0.1, -0.05) is 12.7 Å². The number of anilines is 1. The predicted octanol–water partition coefficient (Wildman–Crippen LogP) is 2.64. The number of nitrogens with one attached hydrogen (secondary N) is 1. The Hall–Kier alpha value is -3.27. The third-order valence-electron chi connectivity index (χ3n) is 3.46. The van der Waals surface area contributed by atoms with Crippen LogP contribution in [0.1, 0.15) is 25.3 Å². The number of nitrogens with zero attached hydrogens (tertiary/aromatic N) is 4. The summed E-state index contributed by atoms with van der Waals surface area (Å²) < 4.78 is 0. The van der Waals surface area contributed by atoms with Crippen molar-refractivity contribution in [2.75, 3.05) is 11.9 Å². The largest absolute Gasteiger partial charge is 0.328 e. The second-order valence-electron chi connectivity index (χ2n) is 5.10. The van der Waals surface area contributed by atoms with Crippen LogP contribution in [0.5, 0.6) is 0 Å². The number of urea groups is 1. The third kappa shape index (κ3) is 3.93. The molecule has 7 heteroatoms. The number of carbonyl (C=O) groups is 2. The summed E-state index contributed by atoms with van der Waals surface area (Å²) in [6.45, 7) is 6.10. The fourth-order valence-corrected chi connectivity index (χ4v) is 2.19. The molecule has 0 spiro atoms. The standard InChI is InChI=1S/C17H17N5O2/c1-3-14(11-23)20-16-12(2)5-4-8-22(16)17(24)21-15-7-6-13(9-18)10-19-15/h3,6-7,10-11H,2,4-5,8H2,1H3,(H,19,21,24)/b14-3-,20-16?. The van der Waals surface area contributed by atoms with Crippen molar-refractivity contribution in [3.8, 4) is 6.07 Å². The molecule has 0 aliphatic carbocycles. The summed E-state index contributed by atoms with van der Waals surface area (Å²) in [7, 11) is 0. The van der Waals surface area contributed by atoms with Gasteiger partial charge in [-0.2, -0.15) is 5.26 Å².